The van der Waals surface area contributed by atoms with Crippen LogP contribution in [0.15, 0.2) is 16.2 Å². The molecule has 2 heterocycles. The van der Waals surface area contributed by atoms with Crippen molar-refractivity contribution >= 4 is 38.9 Å². The Morgan fingerprint density at radius 2 is 2.06 bits per heavy atom. The van der Waals surface area contributed by atoms with E-state index in [2.05, 4.69) is 30.9 Å². The van der Waals surface area contributed by atoms with Gasteiger partial charge in [0, 0.05) is 12.1 Å². The fourth-order valence-electron chi connectivity index (χ4n) is 2.34. The largest absolute Gasteiger partial charge is 0.252 e. The first-order valence-electron chi connectivity index (χ1n) is 5.87. The fourth-order valence-corrected chi connectivity index (χ4v) is 3.57. The number of thiazole rings is 1. The molecule has 1 fully saturated rings. The van der Waals surface area contributed by atoms with Crippen molar-refractivity contribution in [3.8, 4) is 10.7 Å². The highest BCUT2D eigenvalue weighted by atomic mass is 79.9. The zero-order valence-electron chi connectivity index (χ0n) is 9.57. The molecule has 0 radical (unpaired) electrons. The Bertz CT molecular complexity index is 553. The minimum Gasteiger partial charge on any atom is -0.252 e. The Labute approximate surface area is 123 Å². The molecule has 94 valence electrons. The summed E-state index contributed by atoms with van der Waals surface area (Å²) in [6.07, 6.45) is 6.70. The first kappa shape index (κ1) is 12.5. The van der Waals surface area contributed by atoms with Crippen LogP contribution in [0.2, 0.25) is 5.15 Å². The molecule has 0 aromatic carbocycles. The van der Waals surface area contributed by atoms with Crippen LogP contribution < -0.4 is 0 Å². The van der Waals surface area contributed by atoms with Gasteiger partial charge in [-0.2, -0.15) is 0 Å². The van der Waals surface area contributed by atoms with Crippen molar-refractivity contribution < 1.29 is 0 Å². The third-order valence-corrected chi connectivity index (χ3v) is 5.28. The van der Waals surface area contributed by atoms with Gasteiger partial charge in [-0.05, 0) is 28.8 Å². The highest BCUT2D eigenvalue weighted by molar-refractivity contribution is 9.10. The Morgan fingerprint density at radius 3 is 2.72 bits per heavy atom. The second kappa shape index (κ2) is 5.23. The normalized spacial score (nSPS) is 16.3. The van der Waals surface area contributed by atoms with Gasteiger partial charge >= 0.3 is 0 Å². The van der Waals surface area contributed by atoms with E-state index in [1.807, 2.05) is 0 Å². The molecule has 0 N–H and O–H groups in total. The minimum atomic E-state index is 0.496. The number of halogens is 2. The van der Waals surface area contributed by atoms with E-state index >= 15 is 0 Å². The molecular weight excluding hydrogens is 334 g/mol. The van der Waals surface area contributed by atoms with Gasteiger partial charge in [-0.25, -0.2) is 9.97 Å². The van der Waals surface area contributed by atoms with E-state index in [1.54, 1.807) is 11.7 Å². The Balaban J connectivity index is 2.07. The van der Waals surface area contributed by atoms with Crippen LogP contribution in [0.3, 0.4) is 0 Å². The molecule has 0 atom stereocenters. The van der Waals surface area contributed by atoms with E-state index in [0.717, 1.165) is 15.0 Å². The molecule has 1 aliphatic rings. The van der Waals surface area contributed by atoms with Crippen molar-refractivity contribution in [3.63, 3.8) is 0 Å². The smallest absolute Gasteiger partial charge is 0.172 e. The molecule has 3 nitrogen and oxygen atoms in total. The summed E-state index contributed by atoms with van der Waals surface area (Å²) in [6.45, 7) is 0. The molecular formula is C12H11BrClN3S. The first-order chi connectivity index (χ1) is 8.75. The Morgan fingerprint density at radius 1 is 1.28 bits per heavy atom. The maximum absolute atomic E-state index is 6.20. The van der Waals surface area contributed by atoms with E-state index in [4.69, 9.17) is 11.6 Å². The lowest BCUT2D eigenvalue weighted by Gasteiger charge is -2.12. The molecule has 0 amide bonds. The van der Waals surface area contributed by atoms with Gasteiger partial charge in [0.05, 0.1) is 20.6 Å². The van der Waals surface area contributed by atoms with E-state index in [9.17, 15) is 0 Å². The SMILES string of the molecule is Clc1nc(-c2cncs2)nc(C2CCCC2)c1Br. The van der Waals surface area contributed by atoms with Crippen LogP contribution in [0.4, 0.5) is 0 Å². The van der Waals surface area contributed by atoms with Crippen molar-refractivity contribution in [2.45, 2.75) is 31.6 Å². The van der Waals surface area contributed by atoms with Crippen LogP contribution in [0.5, 0.6) is 0 Å². The van der Waals surface area contributed by atoms with Gasteiger partial charge < -0.3 is 0 Å². The van der Waals surface area contributed by atoms with Crippen molar-refractivity contribution in [2.24, 2.45) is 0 Å². The second-order valence-electron chi connectivity index (χ2n) is 4.38. The van der Waals surface area contributed by atoms with Crippen molar-refractivity contribution in [2.75, 3.05) is 0 Å². The summed E-state index contributed by atoms with van der Waals surface area (Å²) in [5.74, 6) is 1.19. The van der Waals surface area contributed by atoms with E-state index < -0.39 is 0 Å². The highest BCUT2D eigenvalue weighted by Crippen LogP contribution is 2.39. The fraction of sp³-hybridized carbons (Fsp3) is 0.417. The summed E-state index contributed by atoms with van der Waals surface area (Å²) >= 11 is 11.3. The quantitative estimate of drug-likeness (QED) is 0.743. The molecule has 18 heavy (non-hydrogen) atoms. The van der Waals surface area contributed by atoms with Crippen molar-refractivity contribution in [1.82, 2.24) is 15.0 Å². The number of aromatic nitrogens is 3. The number of hydrogen-bond donors (Lipinski definition) is 0. The average molecular weight is 345 g/mol. The van der Waals surface area contributed by atoms with E-state index in [-0.39, 0.29) is 0 Å². The van der Waals surface area contributed by atoms with Crippen LogP contribution in [-0.4, -0.2) is 15.0 Å². The molecule has 2 aromatic heterocycles. The van der Waals surface area contributed by atoms with Crippen LogP contribution in [-0.2, 0) is 0 Å². The minimum absolute atomic E-state index is 0.496. The van der Waals surface area contributed by atoms with Gasteiger partial charge in [0.15, 0.2) is 5.82 Å². The van der Waals surface area contributed by atoms with E-state index in [0.29, 0.717) is 16.9 Å². The Kier molecular flexibility index (Phi) is 3.63. The van der Waals surface area contributed by atoms with Gasteiger partial charge in [0.1, 0.15) is 5.15 Å². The molecule has 1 saturated carbocycles. The molecule has 0 saturated heterocycles. The van der Waals surface area contributed by atoms with Crippen LogP contribution in [0, 0.1) is 0 Å². The van der Waals surface area contributed by atoms with Gasteiger partial charge in [0.25, 0.3) is 0 Å². The Hall–Kier alpha value is -0.520. The number of nitrogens with zero attached hydrogens (tertiary/aromatic N) is 3. The van der Waals surface area contributed by atoms with E-state index in [1.165, 1.54) is 37.0 Å². The molecule has 1 aliphatic carbocycles. The average Bonchev–Trinajstić information content (AvgIpc) is 3.03. The third-order valence-electron chi connectivity index (χ3n) is 3.23. The van der Waals surface area contributed by atoms with Gasteiger partial charge in [-0.15, -0.1) is 11.3 Å². The van der Waals surface area contributed by atoms with Gasteiger partial charge in [-0.1, -0.05) is 24.4 Å². The molecule has 0 aliphatic heterocycles. The second-order valence-corrected chi connectivity index (χ2v) is 6.42. The predicted molar refractivity (Wildman–Crippen MR) is 77.1 cm³/mol. The molecule has 3 rings (SSSR count). The summed E-state index contributed by atoms with van der Waals surface area (Å²) in [7, 11) is 0. The summed E-state index contributed by atoms with van der Waals surface area (Å²) in [5, 5.41) is 0.496. The monoisotopic (exact) mass is 343 g/mol. The third kappa shape index (κ3) is 2.31. The lowest BCUT2D eigenvalue weighted by molar-refractivity contribution is 0.691. The summed E-state index contributed by atoms with van der Waals surface area (Å²) in [6, 6.07) is 0. The zero-order chi connectivity index (χ0) is 12.5. The molecule has 6 heteroatoms. The van der Waals surface area contributed by atoms with Crippen molar-refractivity contribution in [1.29, 1.82) is 0 Å². The molecule has 0 spiro atoms. The van der Waals surface area contributed by atoms with Crippen LogP contribution >= 0.6 is 38.9 Å². The topological polar surface area (TPSA) is 38.7 Å². The highest BCUT2D eigenvalue weighted by Gasteiger charge is 2.23. The molecule has 2 aromatic rings. The van der Waals surface area contributed by atoms with Crippen molar-refractivity contribution in [3.05, 3.63) is 27.0 Å². The lowest BCUT2D eigenvalue weighted by Crippen LogP contribution is -2.02. The van der Waals surface area contributed by atoms with Gasteiger partial charge in [0.2, 0.25) is 0 Å². The summed E-state index contributed by atoms with van der Waals surface area (Å²) in [4.78, 5) is 14.0. The maximum Gasteiger partial charge on any atom is 0.172 e. The number of rotatable bonds is 2. The lowest BCUT2D eigenvalue weighted by atomic mass is 10.0. The molecule has 0 bridgehead atoms. The molecule has 0 unspecified atom stereocenters. The summed E-state index contributed by atoms with van der Waals surface area (Å²) < 4.78 is 0.851. The maximum atomic E-state index is 6.20. The number of hydrogen-bond acceptors (Lipinski definition) is 4. The van der Waals surface area contributed by atoms with Gasteiger partial charge in [-0.3, -0.25) is 4.98 Å². The van der Waals surface area contributed by atoms with Crippen LogP contribution in [0.1, 0.15) is 37.3 Å². The predicted octanol–water partition coefficient (Wildman–Crippen LogP) is 4.67. The zero-order valence-corrected chi connectivity index (χ0v) is 12.7. The first-order valence-corrected chi connectivity index (χ1v) is 7.92. The standard InChI is InChI=1S/C12H11BrClN3S/c13-9-10(7-3-1-2-4-7)16-12(17-11(9)14)8-5-15-6-18-8/h5-7H,1-4H2. The van der Waals surface area contributed by atoms with Crippen LogP contribution in [0.25, 0.3) is 10.7 Å². The summed E-state index contributed by atoms with van der Waals surface area (Å²) in [5.41, 5.74) is 2.83.